The van der Waals surface area contributed by atoms with Gasteiger partial charge in [0.2, 0.25) is 5.91 Å². The number of aromatic nitrogens is 1. The van der Waals surface area contributed by atoms with E-state index in [-0.39, 0.29) is 11.9 Å². The van der Waals surface area contributed by atoms with Crippen molar-refractivity contribution >= 4 is 17.2 Å². The van der Waals surface area contributed by atoms with Gasteiger partial charge in [-0.05, 0) is 6.07 Å². The number of rotatable bonds is 4. The minimum atomic E-state index is 0.0188. The largest absolute Gasteiger partial charge is 0.496 e. The standard InChI is InChI=1S/C17H21N3O2S/c1-13(21)20-8-7-19(10-14-9-18-12-23-14)11-16(20)15-5-3-4-6-17(15)22-2/h3-6,9,12,16H,7-8,10-11H2,1-2H3/t16-/m1/s1. The second kappa shape index (κ2) is 7.10. The molecule has 1 saturated heterocycles. The van der Waals surface area contributed by atoms with Gasteiger partial charge in [0.05, 0.1) is 18.7 Å². The number of amides is 1. The molecule has 122 valence electrons. The first kappa shape index (κ1) is 16.0. The van der Waals surface area contributed by atoms with E-state index in [0.29, 0.717) is 0 Å². The summed E-state index contributed by atoms with van der Waals surface area (Å²) in [4.78, 5) is 21.8. The van der Waals surface area contributed by atoms with Gasteiger partial charge < -0.3 is 9.64 Å². The first-order valence-corrected chi connectivity index (χ1v) is 8.57. The van der Waals surface area contributed by atoms with Gasteiger partial charge in [0.25, 0.3) is 0 Å². The van der Waals surface area contributed by atoms with Crippen LogP contribution in [0.2, 0.25) is 0 Å². The number of ether oxygens (including phenoxy) is 1. The summed E-state index contributed by atoms with van der Waals surface area (Å²) in [5.74, 6) is 0.946. The number of carbonyl (C=O) groups is 1. The van der Waals surface area contributed by atoms with Crippen molar-refractivity contribution in [2.24, 2.45) is 0 Å². The quantitative estimate of drug-likeness (QED) is 0.864. The van der Waals surface area contributed by atoms with E-state index in [1.807, 2.05) is 34.8 Å². The highest BCUT2D eigenvalue weighted by Gasteiger charge is 2.31. The highest BCUT2D eigenvalue weighted by atomic mass is 32.1. The molecule has 2 heterocycles. The summed E-state index contributed by atoms with van der Waals surface area (Å²) in [7, 11) is 1.68. The van der Waals surface area contributed by atoms with Crippen molar-refractivity contribution in [2.45, 2.75) is 19.5 Å². The van der Waals surface area contributed by atoms with Crippen LogP contribution in [0.25, 0.3) is 0 Å². The Kier molecular flexibility index (Phi) is 4.93. The summed E-state index contributed by atoms with van der Waals surface area (Å²) in [6.45, 7) is 4.93. The zero-order chi connectivity index (χ0) is 16.2. The molecule has 6 heteroatoms. The molecule has 1 aromatic heterocycles. The lowest BCUT2D eigenvalue weighted by atomic mass is 10.0. The van der Waals surface area contributed by atoms with Crippen LogP contribution in [0.15, 0.2) is 36.0 Å². The van der Waals surface area contributed by atoms with E-state index in [2.05, 4.69) is 16.0 Å². The van der Waals surface area contributed by atoms with Crippen molar-refractivity contribution in [1.29, 1.82) is 0 Å². The predicted molar refractivity (Wildman–Crippen MR) is 90.5 cm³/mol. The molecule has 23 heavy (non-hydrogen) atoms. The summed E-state index contributed by atoms with van der Waals surface area (Å²) in [6, 6.07) is 7.98. The topological polar surface area (TPSA) is 45.7 Å². The molecule has 0 spiro atoms. The summed E-state index contributed by atoms with van der Waals surface area (Å²) < 4.78 is 5.50. The van der Waals surface area contributed by atoms with Gasteiger partial charge in [0.1, 0.15) is 5.75 Å². The molecule has 0 N–H and O–H groups in total. The Bertz CT molecular complexity index is 660. The second-order valence-corrected chi connectivity index (χ2v) is 6.64. The van der Waals surface area contributed by atoms with E-state index >= 15 is 0 Å². The monoisotopic (exact) mass is 331 g/mol. The number of hydrogen-bond donors (Lipinski definition) is 0. The summed E-state index contributed by atoms with van der Waals surface area (Å²) in [5, 5.41) is 0. The van der Waals surface area contributed by atoms with Crippen molar-refractivity contribution in [3.8, 4) is 5.75 Å². The van der Waals surface area contributed by atoms with Crippen LogP contribution in [0.3, 0.4) is 0 Å². The van der Waals surface area contributed by atoms with E-state index in [0.717, 1.165) is 37.5 Å². The molecule has 1 atom stereocenters. The number of carbonyl (C=O) groups excluding carboxylic acids is 1. The molecule has 1 aliphatic rings. The van der Waals surface area contributed by atoms with Crippen molar-refractivity contribution in [3.63, 3.8) is 0 Å². The SMILES string of the molecule is COc1ccccc1[C@H]1CN(Cc2cncs2)CCN1C(C)=O. The molecular formula is C17H21N3O2S. The Labute approximate surface area is 140 Å². The Morgan fingerprint density at radius 3 is 2.91 bits per heavy atom. The number of hydrogen-bond acceptors (Lipinski definition) is 5. The smallest absolute Gasteiger partial charge is 0.220 e. The molecular weight excluding hydrogens is 310 g/mol. The average molecular weight is 331 g/mol. The number of thiazole rings is 1. The van der Waals surface area contributed by atoms with Crippen LogP contribution in [0.4, 0.5) is 0 Å². The molecule has 0 bridgehead atoms. The van der Waals surface area contributed by atoms with Crippen molar-refractivity contribution < 1.29 is 9.53 Å². The molecule has 5 nitrogen and oxygen atoms in total. The molecule has 0 unspecified atom stereocenters. The molecule has 1 fully saturated rings. The van der Waals surface area contributed by atoms with Crippen LogP contribution in [0.1, 0.15) is 23.4 Å². The molecule has 3 rings (SSSR count). The Balaban J connectivity index is 1.84. The highest BCUT2D eigenvalue weighted by molar-refractivity contribution is 7.09. The van der Waals surface area contributed by atoms with Crippen LogP contribution in [0.5, 0.6) is 5.75 Å². The van der Waals surface area contributed by atoms with E-state index in [1.165, 1.54) is 4.88 Å². The maximum Gasteiger partial charge on any atom is 0.220 e. The van der Waals surface area contributed by atoms with Crippen LogP contribution >= 0.6 is 11.3 Å². The summed E-state index contributed by atoms with van der Waals surface area (Å²) >= 11 is 1.67. The maximum absolute atomic E-state index is 12.1. The molecule has 1 amide bonds. The van der Waals surface area contributed by atoms with E-state index < -0.39 is 0 Å². The third kappa shape index (κ3) is 3.54. The third-order valence-electron chi connectivity index (χ3n) is 4.23. The fourth-order valence-electron chi connectivity index (χ4n) is 3.11. The number of para-hydroxylation sites is 1. The summed E-state index contributed by atoms with van der Waals surface area (Å²) in [5.41, 5.74) is 2.93. The molecule has 0 radical (unpaired) electrons. The normalized spacial score (nSPS) is 18.9. The van der Waals surface area contributed by atoms with Crippen molar-refractivity contribution in [2.75, 3.05) is 26.7 Å². The fraction of sp³-hybridized carbons (Fsp3) is 0.412. The molecule has 1 aliphatic heterocycles. The van der Waals surface area contributed by atoms with Gasteiger partial charge >= 0.3 is 0 Å². The van der Waals surface area contributed by atoms with Gasteiger partial charge in [-0.1, -0.05) is 18.2 Å². The number of methoxy groups -OCH3 is 1. The zero-order valence-electron chi connectivity index (χ0n) is 13.4. The molecule has 1 aromatic carbocycles. The Morgan fingerprint density at radius 1 is 1.39 bits per heavy atom. The zero-order valence-corrected chi connectivity index (χ0v) is 14.3. The first-order valence-electron chi connectivity index (χ1n) is 7.69. The lowest BCUT2D eigenvalue weighted by molar-refractivity contribution is -0.134. The van der Waals surface area contributed by atoms with Crippen LogP contribution in [-0.4, -0.2) is 47.4 Å². The van der Waals surface area contributed by atoms with E-state index in [1.54, 1.807) is 25.4 Å². The third-order valence-corrected chi connectivity index (χ3v) is 4.99. The van der Waals surface area contributed by atoms with Gasteiger partial charge in [0, 0.05) is 49.7 Å². The average Bonchev–Trinajstić information content (AvgIpc) is 3.07. The Morgan fingerprint density at radius 2 is 2.22 bits per heavy atom. The van der Waals surface area contributed by atoms with Crippen LogP contribution in [0, 0.1) is 0 Å². The fourth-order valence-corrected chi connectivity index (χ4v) is 3.74. The number of piperazine rings is 1. The molecule has 2 aromatic rings. The van der Waals surface area contributed by atoms with Gasteiger partial charge in [-0.25, -0.2) is 0 Å². The van der Waals surface area contributed by atoms with Gasteiger partial charge in [-0.3, -0.25) is 14.7 Å². The predicted octanol–water partition coefficient (Wildman–Crippen LogP) is 2.56. The van der Waals surface area contributed by atoms with E-state index in [4.69, 9.17) is 4.74 Å². The number of nitrogens with zero attached hydrogens (tertiary/aromatic N) is 3. The lowest BCUT2D eigenvalue weighted by Crippen LogP contribution is -2.49. The van der Waals surface area contributed by atoms with Gasteiger partial charge in [0.15, 0.2) is 0 Å². The minimum Gasteiger partial charge on any atom is -0.496 e. The first-order chi connectivity index (χ1) is 11.2. The van der Waals surface area contributed by atoms with Gasteiger partial charge in [-0.2, -0.15) is 0 Å². The van der Waals surface area contributed by atoms with Crippen molar-refractivity contribution in [3.05, 3.63) is 46.4 Å². The minimum absolute atomic E-state index is 0.0188. The second-order valence-electron chi connectivity index (χ2n) is 5.67. The number of benzene rings is 1. The highest BCUT2D eigenvalue weighted by Crippen LogP contribution is 2.32. The molecule has 0 aliphatic carbocycles. The van der Waals surface area contributed by atoms with Crippen LogP contribution in [-0.2, 0) is 11.3 Å². The Hall–Kier alpha value is -1.92. The van der Waals surface area contributed by atoms with Crippen molar-refractivity contribution in [1.82, 2.24) is 14.8 Å². The van der Waals surface area contributed by atoms with Gasteiger partial charge in [-0.15, -0.1) is 11.3 Å². The lowest BCUT2D eigenvalue weighted by Gasteiger charge is -2.41. The summed E-state index contributed by atoms with van der Waals surface area (Å²) in [6.07, 6.45) is 1.92. The van der Waals surface area contributed by atoms with Crippen LogP contribution < -0.4 is 4.74 Å². The van der Waals surface area contributed by atoms with E-state index in [9.17, 15) is 4.79 Å². The maximum atomic E-state index is 12.1. The molecule has 0 saturated carbocycles.